The third kappa shape index (κ3) is 2.99. The topological polar surface area (TPSA) is 70.1 Å². The van der Waals surface area contributed by atoms with Crippen LogP contribution in [0.5, 0.6) is 0 Å². The summed E-state index contributed by atoms with van der Waals surface area (Å²) < 4.78 is 14.3. The van der Waals surface area contributed by atoms with Crippen LogP contribution < -0.4 is 10.6 Å². The summed E-state index contributed by atoms with van der Waals surface area (Å²) in [7, 11) is 0. The number of hydrogen-bond donors (Lipinski definition) is 1. The zero-order valence-electron chi connectivity index (χ0n) is 14.2. The molecule has 0 amide bonds. The van der Waals surface area contributed by atoms with Gasteiger partial charge in [0.25, 0.3) is 0 Å². The lowest BCUT2D eigenvalue weighted by Gasteiger charge is -2.39. The van der Waals surface area contributed by atoms with Crippen molar-refractivity contribution in [1.29, 1.82) is 5.26 Å². The lowest BCUT2D eigenvalue weighted by Crippen LogP contribution is -2.38. The second kappa shape index (κ2) is 6.95. The van der Waals surface area contributed by atoms with Crippen LogP contribution in [0.3, 0.4) is 0 Å². The number of nitrogens with two attached hydrogens (primary N) is 1. The number of halogens is 2. The van der Waals surface area contributed by atoms with Crippen LogP contribution in [0.1, 0.15) is 30.1 Å². The molecule has 7 heteroatoms. The van der Waals surface area contributed by atoms with E-state index in [4.69, 9.17) is 5.73 Å². The molecule has 1 aliphatic carbocycles. The SMILES string of the molecule is N#CC1=C(N)N(c2ccc(F)cc2)C2=C(C(=O)CCC2)[C@H]1c1ccc(Br)s1. The number of anilines is 1. The van der Waals surface area contributed by atoms with E-state index in [9.17, 15) is 14.4 Å². The number of rotatable bonds is 2. The van der Waals surface area contributed by atoms with Crippen molar-refractivity contribution in [2.45, 2.75) is 25.2 Å². The molecule has 27 heavy (non-hydrogen) atoms. The van der Waals surface area contributed by atoms with E-state index in [-0.39, 0.29) is 11.6 Å². The molecule has 0 bridgehead atoms. The molecule has 2 aromatic rings. The van der Waals surface area contributed by atoms with Crippen LogP contribution in [-0.4, -0.2) is 5.78 Å². The van der Waals surface area contributed by atoms with Gasteiger partial charge in [-0.3, -0.25) is 9.69 Å². The Morgan fingerprint density at radius 2 is 1.96 bits per heavy atom. The van der Waals surface area contributed by atoms with E-state index in [0.29, 0.717) is 35.5 Å². The summed E-state index contributed by atoms with van der Waals surface area (Å²) in [6.07, 6.45) is 1.87. The molecular weight excluding hydrogens is 429 g/mol. The van der Waals surface area contributed by atoms with Gasteiger partial charge in [-0.15, -0.1) is 11.3 Å². The minimum absolute atomic E-state index is 0.0399. The number of allylic oxidation sites excluding steroid dienone is 3. The minimum atomic E-state index is -0.453. The predicted molar refractivity (Wildman–Crippen MR) is 106 cm³/mol. The summed E-state index contributed by atoms with van der Waals surface area (Å²) in [6.45, 7) is 0. The number of nitrogens with zero attached hydrogens (tertiary/aromatic N) is 2. The molecule has 1 atom stereocenters. The number of carbonyl (C=O) groups is 1. The average Bonchev–Trinajstić information content (AvgIpc) is 3.08. The van der Waals surface area contributed by atoms with Crippen LogP contribution in [0.15, 0.2) is 62.8 Å². The summed E-state index contributed by atoms with van der Waals surface area (Å²) >= 11 is 4.95. The monoisotopic (exact) mass is 443 g/mol. The van der Waals surface area contributed by atoms with Crippen molar-refractivity contribution in [3.8, 4) is 6.07 Å². The van der Waals surface area contributed by atoms with Crippen LogP contribution in [0.25, 0.3) is 0 Å². The largest absolute Gasteiger partial charge is 0.384 e. The summed E-state index contributed by atoms with van der Waals surface area (Å²) in [5.74, 6) is -0.468. The molecule has 1 aliphatic heterocycles. The van der Waals surface area contributed by atoms with Crippen molar-refractivity contribution in [3.05, 3.63) is 73.5 Å². The maximum absolute atomic E-state index is 13.4. The maximum Gasteiger partial charge on any atom is 0.161 e. The highest BCUT2D eigenvalue weighted by molar-refractivity contribution is 9.11. The summed E-state index contributed by atoms with van der Waals surface area (Å²) in [5, 5.41) is 9.87. The summed E-state index contributed by atoms with van der Waals surface area (Å²) in [4.78, 5) is 15.5. The number of ketones is 1. The number of benzene rings is 1. The molecule has 1 aromatic carbocycles. The number of hydrogen-bond acceptors (Lipinski definition) is 5. The van der Waals surface area contributed by atoms with Gasteiger partial charge in [0.15, 0.2) is 5.78 Å². The van der Waals surface area contributed by atoms with E-state index in [1.165, 1.54) is 23.5 Å². The minimum Gasteiger partial charge on any atom is -0.384 e. The smallest absolute Gasteiger partial charge is 0.161 e. The van der Waals surface area contributed by atoms with Crippen molar-refractivity contribution >= 4 is 38.7 Å². The number of thiophene rings is 1. The van der Waals surface area contributed by atoms with Crippen LogP contribution >= 0.6 is 27.3 Å². The van der Waals surface area contributed by atoms with Crippen LogP contribution in [0.2, 0.25) is 0 Å². The first-order chi connectivity index (χ1) is 13.0. The first-order valence-electron chi connectivity index (χ1n) is 8.48. The summed E-state index contributed by atoms with van der Waals surface area (Å²) in [6, 6.07) is 12.0. The first-order valence-corrected chi connectivity index (χ1v) is 10.1. The van der Waals surface area contributed by atoms with E-state index in [1.807, 2.05) is 12.1 Å². The van der Waals surface area contributed by atoms with Crippen molar-refractivity contribution in [1.82, 2.24) is 0 Å². The zero-order chi connectivity index (χ0) is 19.1. The lowest BCUT2D eigenvalue weighted by atomic mass is 9.78. The van der Waals surface area contributed by atoms with Gasteiger partial charge in [-0.05, 0) is 65.2 Å². The van der Waals surface area contributed by atoms with Gasteiger partial charge in [0.1, 0.15) is 11.6 Å². The summed E-state index contributed by atoms with van der Waals surface area (Å²) in [5.41, 5.74) is 8.86. The van der Waals surface area contributed by atoms with Crippen LogP contribution in [0, 0.1) is 17.1 Å². The quantitative estimate of drug-likeness (QED) is 0.712. The van der Waals surface area contributed by atoms with Crippen LogP contribution in [-0.2, 0) is 4.79 Å². The van der Waals surface area contributed by atoms with Crippen LogP contribution in [0.4, 0.5) is 10.1 Å². The molecule has 0 radical (unpaired) electrons. The van der Waals surface area contributed by atoms with Crippen molar-refractivity contribution in [3.63, 3.8) is 0 Å². The van der Waals surface area contributed by atoms with E-state index in [2.05, 4.69) is 22.0 Å². The Hall–Kier alpha value is -2.43. The Balaban J connectivity index is 1.96. The Kier molecular flexibility index (Phi) is 4.62. The number of Topliss-reactive ketones (excluding diaryl/α,β-unsaturated/α-hetero) is 1. The fraction of sp³-hybridized carbons (Fsp3) is 0.200. The van der Waals surface area contributed by atoms with Gasteiger partial charge in [-0.2, -0.15) is 5.26 Å². The predicted octanol–water partition coefficient (Wildman–Crippen LogP) is 4.95. The van der Waals surface area contributed by atoms with E-state index in [1.54, 1.807) is 17.0 Å². The molecule has 4 nitrogen and oxygen atoms in total. The normalized spacial score (nSPS) is 20.0. The average molecular weight is 444 g/mol. The fourth-order valence-corrected chi connectivity index (χ4v) is 5.28. The molecule has 0 saturated carbocycles. The second-order valence-corrected chi connectivity index (χ2v) is 8.93. The van der Waals surface area contributed by atoms with E-state index in [0.717, 1.165) is 20.8 Å². The van der Waals surface area contributed by atoms with Crippen molar-refractivity contribution < 1.29 is 9.18 Å². The highest BCUT2D eigenvalue weighted by Gasteiger charge is 2.40. The molecule has 1 aromatic heterocycles. The number of nitriles is 1. The molecule has 0 saturated heterocycles. The Labute approximate surface area is 168 Å². The molecular formula is C20H15BrFN3OS. The van der Waals surface area contributed by atoms with Gasteiger partial charge >= 0.3 is 0 Å². The Morgan fingerprint density at radius 3 is 2.59 bits per heavy atom. The standard InChI is InChI=1S/C20H15BrFN3OS/c21-17-9-8-16(27-17)18-13(10-23)20(24)25(12-6-4-11(22)5-7-12)14-2-1-3-15(26)19(14)18/h4-9,18H,1-3,24H2/t18-/m1/s1. The molecule has 136 valence electrons. The Morgan fingerprint density at radius 1 is 1.22 bits per heavy atom. The van der Waals surface area contributed by atoms with Gasteiger partial charge < -0.3 is 5.73 Å². The van der Waals surface area contributed by atoms with Crippen molar-refractivity contribution in [2.24, 2.45) is 5.73 Å². The zero-order valence-corrected chi connectivity index (χ0v) is 16.6. The van der Waals surface area contributed by atoms with E-state index < -0.39 is 5.92 Å². The van der Waals surface area contributed by atoms with Gasteiger partial charge in [0, 0.05) is 28.3 Å². The fourth-order valence-electron chi connectivity index (χ4n) is 3.74. The van der Waals surface area contributed by atoms with Gasteiger partial charge in [-0.25, -0.2) is 4.39 Å². The van der Waals surface area contributed by atoms with E-state index >= 15 is 0 Å². The third-order valence-electron chi connectivity index (χ3n) is 4.88. The molecule has 2 N–H and O–H groups in total. The highest BCUT2D eigenvalue weighted by Crippen LogP contribution is 2.48. The molecule has 2 heterocycles. The van der Waals surface area contributed by atoms with Gasteiger partial charge in [0.05, 0.1) is 21.3 Å². The first kappa shape index (κ1) is 18.0. The Bertz CT molecular complexity index is 1030. The molecule has 0 unspecified atom stereocenters. The molecule has 0 spiro atoms. The third-order valence-corrected chi connectivity index (χ3v) is 6.57. The molecule has 2 aliphatic rings. The molecule has 0 fully saturated rings. The van der Waals surface area contributed by atoms with Gasteiger partial charge in [0.2, 0.25) is 0 Å². The molecule has 4 rings (SSSR count). The van der Waals surface area contributed by atoms with Gasteiger partial charge in [-0.1, -0.05) is 0 Å². The maximum atomic E-state index is 13.4. The second-order valence-electron chi connectivity index (χ2n) is 6.43. The van der Waals surface area contributed by atoms with Crippen molar-refractivity contribution in [2.75, 3.05) is 4.90 Å². The lowest BCUT2D eigenvalue weighted by molar-refractivity contribution is -0.116. The number of carbonyl (C=O) groups excluding carboxylic acids is 1. The highest BCUT2D eigenvalue weighted by atomic mass is 79.9.